The molecule has 55 heavy (non-hydrogen) atoms. The fraction of sp³-hybridized carbons (Fsp3) is 0.0566. The van der Waals surface area contributed by atoms with Crippen molar-refractivity contribution < 1.29 is 0 Å². The lowest BCUT2D eigenvalue weighted by Gasteiger charge is -2.25. The second kappa shape index (κ2) is 13.2. The number of hydrogen-bond donors (Lipinski definition) is 0. The van der Waals surface area contributed by atoms with Gasteiger partial charge in [0.2, 0.25) is 0 Å². The molecule has 0 saturated heterocycles. The first-order chi connectivity index (χ1) is 27.0. The van der Waals surface area contributed by atoms with Crippen LogP contribution in [0.15, 0.2) is 194 Å². The van der Waals surface area contributed by atoms with Crippen LogP contribution < -0.4 is 4.90 Å². The normalized spacial score (nSPS) is 13.0. The molecule has 0 radical (unpaired) electrons. The van der Waals surface area contributed by atoms with E-state index in [0.29, 0.717) is 0 Å². The Morgan fingerprint density at radius 1 is 0.455 bits per heavy atom. The molecule has 2 nitrogen and oxygen atoms in total. The first kappa shape index (κ1) is 32.7. The molecule has 262 valence electrons. The third-order valence-corrected chi connectivity index (χ3v) is 11.4. The summed E-state index contributed by atoms with van der Waals surface area (Å²) in [6, 6.07) is 70.2. The Kier molecular flexibility index (Phi) is 7.85. The quantitative estimate of drug-likeness (QED) is 0.150. The van der Waals surface area contributed by atoms with Crippen molar-refractivity contribution in [2.75, 3.05) is 4.90 Å². The van der Waals surface area contributed by atoms with Crippen molar-refractivity contribution in [3.8, 4) is 27.9 Å². The molecular weight excluding hydrogens is 665 g/mol. The minimum atomic E-state index is -0.120. The first-order valence-electron chi connectivity index (χ1n) is 19.1. The Bertz CT molecular complexity index is 2810. The predicted molar refractivity (Wildman–Crippen MR) is 234 cm³/mol. The lowest BCUT2D eigenvalue weighted by atomic mass is 9.81. The van der Waals surface area contributed by atoms with Gasteiger partial charge in [0.25, 0.3) is 0 Å². The van der Waals surface area contributed by atoms with E-state index in [-0.39, 0.29) is 5.41 Å². The molecule has 1 aromatic heterocycles. The number of fused-ring (bicyclic) bond motifs is 7. The van der Waals surface area contributed by atoms with E-state index in [9.17, 15) is 0 Å². The van der Waals surface area contributed by atoms with E-state index >= 15 is 0 Å². The number of anilines is 3. The molecule has 0 aliphatic heterocycles. The number of aromatic nitrogens is 1. The van der Waals surface area contributed by atoms with Crippen LogP contribution in [0.5, 0.6) is 0 Å². The van der Waals surface area contributed by atoms with Crippen molar-refractivity contribution in [2.24, 2.45) is 0 Å². The van der Waals surface area contributed by atoms with E-state index in [1.165, 1.54) is 66.4 Å². The molecule has 1 heterocycles. The molecule has 8 aromatic carbocycles. The Morgan fingerprint density at radius 2 is 1.00 bits per heavy atom. The van der Waals surface area contributed by atoms with Crippen molar-refractivity contribution in [2.45, 2.75) is 19.3 Å². The minimum absolute atomic E-state index is 0.120. The molecule has 0 amide bonds. The average Bonchev–Trinajstić information content (AvgIpc) is 3.70. The standard InChI is InChI=1S/C53H40N2/c1-53(2)49-21-13-12-20-45(49)46-33-34-47-48-36-40(30-35-50(48)55(52(47)51(46)53)43-18-10-5-11-19-43)39-28-24-37(25-29-39)22-23-38-26-31-44(32-27-38)54(41-14-6-3-7-15-41)42-16-8-4-9-17-42/h3-36H,1-2H3. The molecule has 10 rings (SSSR count). The van der Waals surface area contributed by atoms with E-state index in [2.05, 4.69) is 230 Å². The van der Waals surface area contributed by atoms with Gasteiger partial charge in [-0.05, 0) is 105 Å². The highest BCUT2D eigenvalue weighted by atomic mass is 15.1. The second-order valence-corrected chi connectivity index (χ2v) is 15.0. The summed E-state index contributed by atoms with van der Waals surface area (Å²) >= 11 is 0. The van der Waals surface area contributed by atoms with Crippen molar-refractivity contribution in [3.05, 3.63) is 216 Å². The van der Waals surface area contributed by atoms with Crippen LogP contribution >= 0.6 is 0 Å². The van der Waals surface area contributed by atoms with Crippen LogP contribution in [0.3, 0.4) is 0 Å². The highest BCUT2D eigenvalue weighted by molar-refractivity contribution is 6.14. The van der Waals surface area contributed by atoms with Crippen molar-refractivity contribution in [1.29, 1.82) is 0 Å². The highest BCUT2D eigenvalue weighted by Crippen LogP contribution is 2.53. The van der Waals surface area contributed by atoms with Gasteiger partial charge < -0.3 is 9.47 Å². The Balaban J connectivity index is 0.974. The molecular formula is C53H40N2. The van der Waals surface area contributed by atoms with E-state index < -0.39 is 0 Å². The van der Waals surface area contributed by atoms with Crippen LogP contribution in [0, 0.1) is 0 Å². The number of para-hydroxylation sites is 3. The molecule has 9 aromatic rings. The predicted octanol–water partition coefficient (Wildman–Crippen LogP) is 14.4. The van der Waals surface area contributed by atoms with Gasteiger partial charge in [-0.3, -0.25) is 0 Å². The molecule has 0 bridgehead atoms. The zero-order valence-electron chi connectivity index (χ0n) is 31.0. The lowest BCUT2D eigenvalue weighted by molar-refractivity contribution is 0.664. The smallest absolute Gasteiger partial charge is 0.0588 e. The maximum Gasteiger partial charge on any atom is 0.0588 e. The molecule has 0 saturated carbocycles. The lowest BCUT2D eigenvalue weighted by Crippen LogP contribution is -2.16. The van der Waals surface area contributed by atoms with Crippen molar-refractivity contribution >= 4 is 51.0 Å². The number of nitrogens with zero attached hydrogens (tertiary/aromatic N) is 2. The molecule has 2 heteroatoms. The molecule has 0 atom stereocenters. The highest BCUT2D eigenvalue weighted by Gasteiger charge is 2.38. The van der Waals surface area contributed by atoms with E-state index in [1.807, 2.05) is 0 Å². The van der Waals surface area contributed by atoms with Gasteiger partial charge >= 0.3 is 0 Å². The summed E-state index contributed by atoms with van der Waals surface area (Å²) < 4.78 is 2.49. The van der Waals surface area contributed by atoms with Gasteiger partial charge in [0.15, 0.2) is 0 Å². The van der Waals surface area contributed by atoms with Crippen LogP contribution in [0.4, 0.5) is 17.1 Å². The third kappa shape index (κ3) is 5.57. The average molecular weight is 705 g/mol. The second-order valence-electron chi connectivity index (χ2n) is 15.0. The zero-order chi connectivity index (χ0) is 36.9. The number of benzene rings is 8. The maximum absolute atomic E-state index is 2.49. The zero-order valence-corrected chi connectivity index (χ0v) is 31.0. The summed E-state index contributed by atoms with van der Waals surface area (Å²) in [7, 11) is 0. The van der Waals surface area contributed by atoms with Gasteiger partial charge in [0, 0.05) is 38.9 Å². The van der Waals surface area contributed by atoms with Gasteiger partial charge in [0.05, 0.1) is 11.0 Å². The Morgan fingerprint density at radius 3 is 1.65 bits per heavy atom. The van der Waals surface area contributed by atoms with Gasteiger partial charge in [0.1, 0.15) is 0 Å². The summed E-state index contributed by atoms with van der Waals surface area (Å²) in [5.74, 6) is 0. The van der Waals surface area contributed by atoms with E-state index in [4.69, 9.17) is 0 Å². The minimum Gasteiger partial charge on any atom is -0.311 e. The number of hydrogen-bond acceptors (Lipinski definition) is 1. The van der Waals surface area contributed by atoms with Gasteiger partial charge in [-0.25, -0.2) is 0 Å². The summed E-state index contributed by atoms with van der Waals surface area (Å²) in [5.41, 5.74) is 17.2. The SMILES string of the molecule is CC1(C)c2ccccc2-c2ccc3c4cc(-c5ccc(C=Cc6ccc(N(c7ccccc7)c7ccccc7)cc6)cc5)ccc4n(-c4ccccc4)c3c21. The number of rotatable bonds is 7. The largest absolute Gasteiger partial charge is 0.311 e. The van der Waals surface area contributed by atoms with E-state index in [0.717, 1.165) is 22.6 Å². The maximum atomic E-state index is 2.49. The summed E-state index contributed by atoms with van der Waals surface area (Å²) in [4.78, 5) is 2.29. The van der Waals surface area contributed by atoms with Crippen LogP contribution in [-0.2, 0) is 5.41 Å². The van der Waals surface area contributed by atoms with Crippen LogP contribution in [-0.4, -0.2) is 4.57 Å². The molecule has 1 aliphatic rings. The van der Waals surface area contributed by atoms with E-state index in [1.54, 1.807) is 0 Å². The van der Waals surface area contributed by atoms with Crippen LogP contribution in [0.1, 0.15) is 36.1 Å². The van der Waals surface area contributed by atoms with Gasteiger partial charge in [-0.15, -0.1) is 0 Å². The summed E-state index contributed by atoms with van der Waals surface area (Å²) in [5, 5.41) is 2.57. The Labute approximate surface area is 322 Å². The third-order valence-electron chi connectivity index (χ3n) is 11.4. The molecule has 0 fully saturated rings. The molecule has 0 N–H and O–H groups in total. The van der Waals surface area contributed by atoms with Crippen molar-refractivity contribution in [1.82, 2.24) is 4.57 Å². The fourth-order valence-electron chi connectivity index (χ4n) is 8.70. The summed E-state index contributed by atoms with van der Waals surface area (Å²) in [6.07, 6.45) is 4.39. The van der Waals surface area contributed by atoms with Crippen molar-refractivity contribution in [3.63, 3.8) is 0 Å². The molecule has 0 spiro atoms. The topological polar surface area (TPSA) is 8.17 Å². The monoisotopic (exact) mass is 704 g/mol. The van der Waals surface area contributed by atoms with Crippen LogP contribution in [0.25, 0.3) is 61.9 Å². The Hall–Kier alpha value is -6.90. The fourth-order valence-corrected chi connectivity index (χ4v) is 8.70. The molecule has 1 aliphatic carbocycles. The van der Waals surface area contributed by atoms with Gasteiger partial charge in [-0.1, -0.05) is 159 Å². The first-order valence-corrected chi connectivity index (χ1v) is 19.1. The summed E-state index contributed by atoms with van der Waals surface area (Å²) in [6.45, 7) is 4.76. The van der Waals surface area contributed by atoms with Crippen LogP contribution in [0.2, 0.25) is 0 Å². The van der Waals surface area contributed by atoms with Gasteiger partial charge in [-0.2, -0.15) is 0 Å². The molecule has 0 unspecified atom stereocenters.